The second kappa shape index (κ2) is 15.9. The van der Waals surface area contributed by atoms with Crippen molar-refractivity contribution < 1.29 is 31.2 Å². The molecule has 48 heavy (non-hydrogen) atoms. The molecule has 13 heteroatoms. The fourth-order valence-corrected chi connectivity index (χ4v) is 6.72. The van der Waals surface area contributed by atoms with Crippen LogP contribution in [0.4, 0.5) is 18.9 Å². The van der Waals surface area contributed by atoms with E-state index < -0.39 is 51.9 Å². The SMILES string of the molecule is CC(C)CNC(=O)[C@H](Cc1ccccc1)N(Cc1ccc(Cl)cc1)C(=O)CN(c1cc(C(F)(F)F)ccc1Cl)S(=O)(=O)c1ccccc1. The average Bonchev–Trinajstić information content (AvgIpc) is 3.05. The van der Waals surface area contributed by atoms with Crippen molar-refractivity contribution in [3.63, 3.8) is 0 Å². The van der Waals surface area contributed by atoms with Crippen LogP contribution in [0.5, 0.6) is 0 Å². The second-order valence-electron chi connectivity index (χ2n) is 11.5. The van der Waals surface area contributed by atoms with Crippen LogP contribution >= 0.6 is 23.2 Å². The molecule has 0 aliphatic carbocycles. The minimum Gasteiger partial charge on any atom is -0.354 e. The molecule has 4 aromatic rings. The molecule has 1 atom stereocenters. The van der Waals surface area contributed by atoms with Crippen molar-refractivity contribution >= 4 is 50.7 Å². The van der Waals surface area contributed by atoms with Crippen LogP contribution in [0.2, 0.25) is 10.0 Å². The van der Waals surface area contributed by atoms with Gasteiger partial charge in [-0.2, -0.15) is 13.2 Å². The maximum atomic E-state index is 14.5. The lowest BCUT2D eigenvalue weighted by molar-refractivity contribution is -0.140. The lowest BCUT2D eigenvalue weighted by atomic mass is 10.0. The molecule has 0 aliphatic rings. The Balaban J connectivity index is 1.86. The molecule has 0 unspecified atom stereocenters. The highest BCUT2D eigenvalue weighted by Gasteiger charge is 2.37. The van der Waals surface area contributed by atoms with Crippen LogP contribution < -0.4 is 9.62 Å². The van der Waals surface area contributed by atoms with E-state index in [4.69, 9.17) is 23.2 Å². The minimum absolute atomic E-state index is 0.0693. The Morgan fingerprint density at radius 1 is 0.833 bits per heavy atom. The number of hydrogen-bond acceptors (Lipinski definition) is 4. The molecule has 0 aromatic heterocycles. The zero-order valence-electron chi connectivity index (χ0n) is 26.1. The standard InChI is InChI=1S/C35H34Cl2F3N3O4S/c1-24(2)21-41-34(45)32(19-25-9-5-3-6-10-25)42(22-26-13-16-28(36)17-14-26)33(44)23-43(48(46,47)29-11-7-4-8-12-29)31-20-27(35(38,39)40)15-18-30(31)37/h3-18,20,24,32H,19,21-23H2,1-2H3,(H,41,45)/t32-/m0/s1. The Morgan fingerprint density at radius 2 is 1.44 bits per heavy atom. The Morgan fingerprint density at radius 3 is 2.02 bits per heavy atom. The van der Waals surface area contributed by atoms with Gasteiger partial charge in [0.15, 0.2) is 0 Å². The van der Waals surface area contributed by atoms with Gasteiger partial charge >= 0.3 is 6.18 Å². The first-order chi connectivity index (χ1) is 22.7. The lowest BCUT2D eigenvalue weighted by Crippen LogP contribution is -2.53. The zero-order chi connectivity index (χ0) is 35.1. The summed E-state index contributed by atoms with van der Waals surface area (Å²) >= 11 is 12.5. The molecule has 0 aliphatic heterocycles. The summed E-state index contributed by atoms with van der Waals surface area (Å²) in [5.74, 6) is -1.25. The Kier molecular flexibility index (Phi) is 12.2. The summed E-state index contributed by atoms with van der Waals surface area (Å²) in [4.78, 5) is 29.3. The normalized spacial score (nSPS) is 12.4. The second-order valence-corrected chi connectivity index (χ2v) is 14.2. The molecule has 4 aromatic carbocycles. The van der Waals surface area contributed by atoms with E-state index in [-0.39, 0.29) is 28.8 Å². The number of carbonyl (C=O) groups excluding carboxylic acids is 2. The van der Waals surface area contributed by atoms with Crippen LogP contribution in [0, 0.1) is 5.92 Å². The van der Waals surface area contributed by atoms with Gasteiger partial charge in [0, 0.05) is 24.5 Å². The van der Waals surface area contributed by atoms with E-state index in [9.17, 15) is 31.2 Å². The number of alkyl halides is 3. The van der Waals surface area contributed by atoms with E-state index in [2.05, 4.69) is 5.32 Å². The third-order valence-corrected chi connectivity index (χ3v) is 9.72. The molecule has 7 nitrogen and oxygen atoms in total. The summed E-state index contributed by atoms with van der Waals surface area (Å²) in [7, 11) is -4.66. The van der Waals surface area contributed by atoms with Crippen molar-refractivity contribution in [3.05, 3.63) is 130 Å². The first-order valence-electron chi connectivity index (χ1n) is 15.0. The topological polar surface area (TPSA) is 86.8 Å². The monoisotopic (exact) mass is 719 g/mol. The maximum absolute atomic E-state index is 14.5. The molecule has 254 valence electrons. The number of nitrogens with one attached hydrogen (secondary N) is 1. The Hall–Kier alpha value is -4.06. The van der Waals surface area contributed by atoms with E-state index in [1.54, 1.807) is 60.7 Å². The number of sulfonamides is 1. The van der Waals surface area contributed by atoms with E-state index in [0.717, 1.165) is 17.7 Å². The van der Waals surface area contributed by atoms with Gasteiger partial charge in [-0.1, -0.05) is 97.7 Å². The van der Waals surface area contributed by atoms with E-state index in [0.29, 0.717) is 27.5 Å². The first-order valence-corrected chi connectivity index (χ1v) is 17.2. The highest BCUT2D eigenvalue weighted by Crippen LogP contribution is 2.37. The summed E-state index contributed by atoms with van der Waals surface area (Å²) in [5.41, 5.74) is -0.391. The number of rotatable bonds is 13. The van der Waals surface area contributed by atoms with Crippen molar-refractivity contribution in [2.75, 3.05) is 17.4 Å². The third-order valence-electron chi connectivity index (χ3n) is 7.37. The maximum Gasteiger partial charge on any atom is 0.416 e. The molecule has 0 radical (unpaired) electrons. The van der Waals surface area contributed by atoms with Crippen LogP contribution in [0.1, 0.15) is 30.5 Å². The molecular weight excluding hydrogens is 686 g/mol. The van der Waals surface area contributed by atoms with Crippen molar-refractivity contribution in [1.29, 1.82) is 0 Å². The number of amides is 2. The predicted octanol–water partition coefficient (Wildman–Crippen LogP) is 7.62. The first kappa shape index (κ1) is 36.8. The van der Waals surface area contributed by atoms with Gasteiger partial charge in [-0.15, -0.1) is 0 Å². The largest absolute Gasteiger partial charge is 0.416 e. The van der Waals surface area contributed by atoms with Gasteiger partial charge < -0.3 is 10.2 Å². The van der Waals surface area contributed by atoms with Crippen molar-refractivity contribution in [2.45, 2.75) is 43.9 Å². The zero-order valence-corrected chi connectivity index (χ0v) is 28.5. The predicted molar refractivity (Wildman–Crippen MR) is 181 cm³/mol. The number of anilines is 1. The number of hydrogen-bond donors (Lipinski definition) is 1. The molecule has 0 saturated heterocycles. The number of carbonyl (C=O) groups is 2. The summed E-state index contributed by atoms with van der Waals surface area (Å²) in [6.45, 7) is 3.02. The lowest BCUT2D eigenvalue weighted by Gasteiger charge is -2.34. The smallest absolute Gasteiger partial charge is 0.354 e. The van der Waals surface area contributed by atoms with Gasteiger partial charge in [0.05, 0.1) is 21.2 Å². The Labute approximate surface area is 288 Å². The quantitative estimate of drug-likeness (QED) is 0.154. The van der Waals surface area contributed by atoms with Crippen LogP contribution in [0.15, 0.2) is 108 Å². The molecule has 0 fully saturated rings. The van der Waals surface area contributed by atoms with Gasteiger partial charge in [-0.3, -0.25) is 13.9 Å². The van der Waals surface area contributed by atoms with Gasteiger partial charge in [0.1, 0.15) is 12.6 Å². The molecule has 0 bridgehead atoms. The average molecular weight is 721 g/mol. The molecule has 0 saturated carbocycles. The van der Waals surface area contributed by atoms with Crippen LogP contribution in [-0.2, 0) is 38.8 Å². The number of benzene rings is 4. The van der Waals surface area contributed by atoms with E-state index in [1.165, 1.54) is 29.2 Å². The van der Waals surface area contributed by atoms with Crippen LogP contribution in [-0.4, -0.2) is 44.3 Å². The van der Waals surface area contributed by atoms with Gasteiger partial charge in [-0.25, -0.2) is 8.42 Å². The molecule has 2 amide bonds. The van der Waals surface area contributed by atoms with Crippen LogP contribution in [0.25, 0.3) is 0 Å². The van der Waals surface area contributed by atoms with E-state index >= 15 is 0 Å². The fraction of sp³-hybridized carbons (Fsp3) is 0.257. The summed E-state index contributed by atoms with van der Waals surface area (Å²) in [5, 5.41) is 2.99. The Bertz CT molecular complexity index is 1810. The third kappa shape index (κ3) is 9.52. The minimum atomic E-state index is -4.83. The van der Waals surface area contributed by atoms with Crippen molar-refractivity contribution in [3.8, 4) is 0 Å². The summed E-state index contributed by atoms with van der Waals surface area (Å²) in [6.07, 6.45) is -4.76. The molecule has 4 rings (SSSR count). The molecule has 0 heterocycles. The number of halogens is 5. The van der Waals surface area contributed by atoms with Gasteiger partial charge in [0.25, 0.3) is 10.0 Å². The highest BCUT2D eigenvalue weighted by molar-refractivity contribution is 7.92. The van der Waals surface area contributed by atoms with Crippen molar-refractivity contribution in [1.82, 2.24) is 10.2 Å². The van der Waals surface area contributed by atoms with E-state index in [1.807, 2.05) is 13.8 Å². The summed E-state index contributed by atoms with van der Waals surface area (Å²) in [6, 6.07) is 23.6. The van der Waals surface area contributed by atoms with Gasteiger partial charge in [0.2, 0.25) is 11.8 Å². The molecule has 0 spiro atoms. The highest BCUT2D eigenvalue weighted by atomic mass is 35.5. The van der Waals surface area contributed by atoms with Crippen LogP contribution in [0.3, 0.4) is 0 Å². The number of nitrogens with zero attached hydrogens (tertiary/aromatic N) is 2. The van der Waals surface area contributed by atoms with Gasteiger partial charge in [-0.05, 0) is 59.5 Å². The fourth-order valence-electron chi connectivity index (χ4n) is 4.88. The van der Waals surface area contributed by atoms with Crippen molar-refractivity contribution in [2.24, 2.45) is 5.92 Å². The summed E-state index contributed by atoms with van der Waals surface area (Å²) < 4.78 is 70.2. The molecular formula is C35H34Cl2F3N3O4S. The molecule has 1 N–H and O–H groups in total.